The number of rotatable bonds is 3. The van der Waals surface area contributed by atoms with Gasteiger partial charge in [0.25, 0.3) is 0 Å². The van der Waals surface area contributed by atoms with E-state index in [0.717, 1.165) is 5.56 Å². The lowest BCUT2D eigenvalue weighted by Crippen LogP contribution is -1.91. The maximum absolute atomic E-state index is 9.60. The van der Waals surface area contributed by atoms with Crippen molar-refractivity contribution in [3.8, 4) is 33.4 Å². The fourth-order valence-electron chi connectivity index (χ4n) is 5.96. The molecule has 43 heavy (non-hydrogen) atoms. The second-order valence-corrected chi connectivity index (χ2v) is 10.2. The Hall–Kier alpha value is -5.66. The van der Waals surface area contributed by atoms with Gasteiger partial charge in [-0.1, -0.05) is 133 Å². The Morgan fingerprint density at radius 1 is 0.419 bits per heavy atom. The molecule has 1 nitrogen and oxygen atoms in total. The van der Waals surface area contributed by atoms with Crippen molar-refractivity contribution in [2.45, 2.75) is 0 Å². The summed E-state index contributed by atoms with van der Waals surface area (Å²) in [5.74, 6) is 0. The number of benzene rings is 8. The fraction of sp³-hybridized carbons (Fsp3) is 0. The molecule has 0 aliphatic rings. The van der Waals surface area contributed by atoms with Gasteiger partial charge in [-0.3, -0.25) is 0 Å². The minimum atomic E-state index is -0.572. The van der Waals surface area contributed by atoms with Gasteiger partial charge in [-0.25, -0.2) is 0 Å². The molecule has 1 heteroatoms. The first kappa shape index (κ1) is 14.0. The number of fused-ring (bicyclic) bond motifs is 7. The molecule has 0 atom stereocenters. The molecule has 0 bridgehead atoms. The Morgan fingerprint density at radius 2 is 1.05 bits per heavy atom. The summed E-state index contributed by atoms with van der Waals surface area (Å²) in [5, 5.41) is 2.11. The van der Waals surface area contributed by atoms with E-state index in [9.17, 15) is 4.11 Å². The first-order valence-electron chi connectivity index (χ1n) is 20.6. The molecule has 200 valence electrons. The van der Waals surface area contributed by atoms with E-state index in [1.807, 2.05) is 54.6 Å². The van der Waals surface area contributed by atoms with E-state index in [4.69, 9.17) is 19.5 Å². The molecule has 0 aliphatic carbocycles. The van der Waals surface area contributed by atoms with Crippen LogP contribution in [0.15, 0.2) is 162 Å². The van der Waals surface area contributed by atoms with Crippen LogP contribution in [0.4, 0.5) is 0 Å². The Bertz CT molecular complexity index is 3210. The highest BCUT2D eigenvalue weighted by atomic mass is 16.3. The van der Waals surface area contributed by atoms with Gasteiger partial charge in [0.15, 0.2) is 0 Å². The molecule has 9 aromatic rings. The Morgan fingerprint density at radius 3 is 1.79 bits per heavy atom. The van der Waals surface area contributed by atoms with Crippen LogP contribution in [0.1, 0.15) is 19.2 Å². The van der Waals surface area contributed by atoms with E-state index in [1.54, 1.807) is 18.2 Å². The summed E-state index contributed by atoms with van der Waals surface area (Å²) in [6, 6.07) is 15.7. The normalized spacial score (nSPS) is 16.3. The molecule has 0 aliphatic heterocycles. The molecule has 8 aromatic carbocycles. The number of furan rings is 1. The molecular formula is C42H26O. The smallest absolute Gasteiger partial charge is 0.143 e. The van der Waals surface area contributed by atoms with Crippen molar-refractivity contribution in [1.82, 2.24) is 0 Å². The number of hydrogen-bond acceptors (Lipinski definition) is 1. The average molecular weight is 561 g/mol. The van der Waals surface area contributed by atoms with Gasteiger partial charge in [0.2, 0.25) is 0 Å². The second-order valence-electron chi connectivity index (χ2n) is 10.2. The quantitative estimate of drug-likeness (QED) is 0.196. The van der Waals surface area contributed by atoms with Gasteiger partial charge in [-0.15, -0.1) is 0 Å². The molecular weight excluding hydrogens is 520 g/mol. The topological polar surface area (TPSA) is 13.1 Å². The predicted octanol–water partition coefficient (Wildman–Crippen LogP) is 12.0. The minimum Gasteiger partial charge on any atom is -0.455 e. The van der Waals surface area contributed by atoms with E-state index in [0.29, 0.717) is 38.2 Å². The summed E-state index contributed by atoms with van der Waals surface area (Å²) in [7, 11) is 0. The van der Waals surface area contributed by atoms with Gasteiger partial charge in [-0.05, 0) is 84.5 Å². The van der Waals surface area contributed by atoms with Crippen LogP contribution in [0.5, 0.6) is 0 Å². The first-order valence-corrected chi connectivity index (χ1v) is 13.6. The van der Waals surface area contributed by atoms with Crippen LogP contribution in [-0.4, -0.2) is 0 Å². The van der Waals surface area contributed by atoms with Crippen LogP contribution in [0.25, 0.3) is 87.6 Å². The molecule has 9 rings (SSSR count). The van der Waals surface area contributed by atoms with Gasteiger partial charge >= 0.3 is 0 Å². The van der Waals surface area contributed by atoms with Gasteiger partial charge in [0, 0.05) is 16.2 Å². The molecule has 0 radical (unpaired) electrons. The molecule has 0 saturated carbocycles. The monoisotopic (exact) mass is 560 g/mol. The third kappa shape index (κ3) is 3.72. The largest absolute Gasteiger partial charge is 0.455 e. The van der Waals surface area contributed by atoms with Gasteiger partial charge in [-0.2, -0.15) is 0 Å². The van der Waals surface area contributed by atoms with Crippen molar-refractivity contribution in [1.29, 1.82) is 0 Å². The maximum Gasteiger partial charge on any atom is 0.143 e. The molecule has 0 unspecified atom stereocenters. The van der Waals surface area contributed by atoms with Crippen molar-refractivity contribution in [3.63, 3.8) is 0 Å². The first-order chi connectivity index (χ1) is 27.2. The lowest BCUT2D eigenvalue weighted by molar-refractivity contribution is 0.673. The van der Waals surface area contributed by atoms with Crippen molar-refractivity contribution in [2.75, 3.05) is 0 Å². The highest BCUT2D eigenvalue weighted by molar-refractivity contribution is 6.22. The fourth-order valence-corrected chi connectivity index (χ4v) is 5.96. The highest BCUT2D eigenvalue weighted by Gasteiger charge is 2.18. The second kappa shape index (κ2) is 9.44. The lowest BCUT2D eigenvalue weighted by Gasteiger charge is -2.18. The molecule has 0 saturated heterocycles. The molecule has 1 aromatic heterocycles. The van der Waals surface area contributed by atoms with E-state index in [2.05, 4.69) is 0 Å². The summed E-state index contributed by atoms with van der Waals surface area (Å²) in [6.45, 7) is 0. The maximum atomic E-state index is 9.60. The van der Waals surface area contributed by atoms with E-state index in [1.165, 1.54) is 0 Å². The van der Waals surface area contributed by atoms with Gasteiger partial charge < -0.3 is 4.42 Å². The zero-order chi connectivity index (χ0) is 40.5. The van der Waals surface area contributed by atoms with Gasteiger partial charge in [0.05, 0.1) is 19.2 Å². The minimum absolute atomic E-state index is 0.0576. The predicted molar refractivity (Wildman–Crippen MR) is 183 cm³/mol. The number of hydrogen-bond donors (Lipinski definition) is 0. The lowest BCUT2D eigenvalue weighted by atomic mass is 9.85. The van der Waals surface area contributed by atoms with Crippen molar-refractivity contribution >= 4 is 54.3 Å². The van der Waals surface area contributed by atoms with Crippen LogP contribution < -0.4 is 0 Å². The van der Waals surface area contributed by atoms with Crippen molar-refractivity contribution in [3.05, 3.63) is 157 Å². The highest BCUT2D eigenvalue weighted by Crippen LogP contribution is 2.45. The molecule has 0 fully saturated rings. The summed E-state index contributed by atoms with van der Waals surface area (Å²) >= 11 is 0. The van der Waals surface area contributed by atoms with Crippen LogP contribution in [0.2, 0.25) is 0 Å². The summed E-state index contributed by atoms with van der Waals surface area (Å²) < 4.78 is 128. The van der Waals surface area contributed by atoms with Gasteiger partial charge in [0.1, 0.15) is 11.2 Å². The summed E-state index contributed by atoms with van der Waals surface area (Å²) in [4.78, 5) is 0. The van der Waals surface area contributed by atoms with E-state index in [-0.39, 0.29) is 74.0 Å². The SMILES string of the molecule is [2H]c1c([2H])c([2H])c(-c2cccc(-c3c4ccccc4c(-c4c([2H])c([2H])c5c(oc6c7c([2H])c([2H])c([2H])c([2H])c7c([2H])c([2H])c65)c4[2H])c4ccccc34)c2)c([2H])c1[2H]. The molecule has 0 spiro atoms. The molecule has 0 amide bonds. The molecule has 0 N–H and O–H groups in total. The van der Waals surface area contributed by atoms with Crippen LogP contribution >= 0.6 is 0 Å². The standard InChI is InChI=1S/C42H26O/c1-2-11-27(12-3-1)29-14-10-15-30(25-29)40-34-17-6-8-19-36(34)41(37-20-9-7-18-35(37)40)31-22-23-33-38-24-21-28-13-4-5-16-32(28)42(38)43-39(33)26-31/h1-26H/i1D,2D,3D,4D,5D,11D,12D,13D,16D,21D,22D,23D,24D,26D. The molecule has 1 heterocycles. The zero-order valence-corrected chi connectivity index (χ0v) is 22.3. The zero-order valence-electron chi connectivity index (χ0n) is 36.3. The Balaban J connectivity index is 1.38. The van der Waals surface area contributed by atoms with E-state index >= 15 is 0 Å². The van der Waals surface area contributed by atoms with E-state index < -0.39 is 54.4 Å². The third-order valence-electron chi connectivity index (χ3n) is 7.81. The summed E-state index contributed by atoms with van der Waals surface area (Å²) in [6.07, 6.45) is 0. The van der Waals surface area contributed by atoms with Crippen molar-refractivity contribution < 1.29 is 23.6 Å². The van der Waals surface area contributed by atoms with Crippen LogP contribution in [0, 0.1) is 0 Å². The summed E-state index contributed by atoms with van der Waals surface area (Å²) in [5.41, 5.74) is 2.07. The Kier molecular flexibility index (Phi) is 3.07. The van der Waals surface area contributed by atoms with Crippen LogP contribution in [-0.2, 0) is 0 Å². The average Bonchev–Trinajstić information content (AvgIpc) is 3.62. The third-order valence-corrected chi connectivity index (χ3v) is 7.81. The van der Waals surface area contributed by atoms with Crippen molar-refractivity contribution in [2.24, 2.45) is 0 Å². The van der Waals surface area contributed by atoms with Crippen LogP contribution in [0.3, 0.4) is 0 Å². The Labute approximate surface area is 268 Å².